The molecule has 7 heteroatoms. The third kappa shape index (κ3) is 3.06. The van der Waals surface area contributed by atoms with Gasteiger partial charge in [-0.3, -0.25) is 4.90 Å². The summed E-state index contributed by atoms with van der Waals surface area (Å²) < 4.78 is 30.9. The summed E-state index contributed by atoms with van der Waals surface area (Å²) in [6, 6.07) is 4.85. The summed E-state index contributed by atoms with van der Waals surface area (Å²) >= 11 is -0.761. The fourth-order valence-corrected chi connectivity index (χ4v) is 4.27. The van der Waals surface area contributed by atoms with E-state index in [1.807, 2.05) is 0 Å². The molecule has 2 saturated heterocycles. The zero-order valence-electron chi connectivity index (χ0n) is 12.2. The molecule has 0 radical (unpaired) electrons. The Morgan fingerprint density at radius 3 is 2.73 bits per heavy atom. The molecule has 2 aliphatic heterocycles. The molecule has 3 rings (SSSR count). The van der Waals surface area contributed by atoms with Crippen molar-refractivity contribution < 1.29 is 18.5 Å². The van der Waals surface area contributed by atoms with Gasteiger partial charge in [-0.1, -0.05) is 17.2 Å². The summed E-state index contributed by atoms with van der Waals surface area (Å²) in [5.41, 5.74) is 6.63. The van der Waals surface area contributed by atoms with E-state index < -0.39 is 17.3 Å². The molecule has 0 aromatic heterocycles. The van der Waals surface area contributed by atoms with Gasteiger partial charge in [0.15, 0.2) is 0 Å². The predicted molar refractivity (Wildman–Crippen MR) is 82.9 cm³/mol. The van der Waals surface area contributed by atoms with E-state index in [0.29, 0.717) is 29.3 Å². The first-order chi connectivity index (χ1) is 10.6. The number of nitrogens with two attached hydrogens (primary N) is 1. The molecule has 1 aromatic carbocycles. The van der Waals surface area contributed by atoms with Gasteiger partial charge in [0.2, 0.25) is 0 Å². The van der Waals surface area contributed by atoms with E-state index in [2.05, 4.69) is 0 Å². The monoisotopic (exact) mass is 326 g/mol. The maximum absolute atomic E-state index is 14.4. The molecular formula is C15H19FN2O3S. The first-order valence-corrected chi connectivity index (χ1v) is 8.90. The van der Waals surface area contributed by atoms with E-state index in [9.17, 15) is 13.7 Å². The van der Waals surface area contributed by atoms with Gasteiger partial charge in [-0.25, -0.2) is 9.18 Å². The maximum atomic E-state index is 14.4. The van der Waals surface area contributed by atoms with Crippen LogP contribution in [0.3, 0.4) is 0 Å². The Balaban J connectivity index is 1.76. The van der Waals surface area contributed by atoms with Crippen LogP contribution in [-0.2, 0) is 15.9 Å². The van der Waals surface area contributed by atoms with Crippen molar-refractivity contribution in [3.05, 3.63) is 29.6 Å². The minimum absolute atomic E-state index is 0.106. The lowest BCUT2D eigenvalue weighted by Gasteiger charge is -2.25. The molecule has 1 atom stereocenters. The second-order valence-electron chi connectivity index (χ2n) is 5.68. The summed E-state index contributed by atoms with van der Waals surface area (Å²) in [6.45, 7) is 0.596. The Morgan fingerprint density at radius 1 is 1.41 bits per heavy atom. The Bertz CT molecular complexity index is 564. The third-order valence-corrected chi connectivity index (χ3v) is 5.64. The van der Waals surface area contributed by atoms with Crippen LogP contribution in [0.4, 0.5) is 14.9 Å². The van der Waals surface area contributed by atoms with E-state index in [1.54, 1.807) is 12.1 Å². The number of ether oxygens (including phenoxy) is 1. The van der Waals surface area contributed by atoms with Crippen LogP contribution in [0, 0.1) is 5.82 Å². The van der Waals surface area contributed by atoms with Crippen LogP contribution in [0.15, 0.2) is 18.2 Å². The highest BCUT2D eigenvalue weighted by Crippen LogP contribution is 2.33. The van der Waals surface area contributed by atoms with E-state index in [0.717, 1.165) is 12.8 Å². The van der Waals surface area contributed by atoms with Gasteiger partial charge in [0.05, 0.1) is 12.2 Å². The second kappa shape index (κ2) is 6.44. The molecule has 2 heterocycles. The van der Waals surface area contributed by atoms with Crippen molar-refractivity contribution in [2.75, 3.05) is 29.5 Å². The van der Waals surface area contributed by atoms with Gasteiger partial charge in [0, 0.05) is 6.54 Å². The standard InChI is InChI=1S/C15H19FN2O3S/c16-14-7-11(18-9-12(8-17)21-15(18)19)1-2-13(14)10-3-5-22(20)6-4-10/h1-2,7,10,12H,3-6,8-9,17H2/t10-,12-,22-/m0/s1. The Labute approximate surface area is 131 Å². The molecular weight excluding hydrogens is 307 g/mol. The van der Waals surface area contributed by atoms with Crippen molar-refractivity contribution in [2.45, 2.75) is 24.9 Å². The molecule has 120 valence electrons. The predicted octanol–water partition coefficient (Wildman–Crippen LogP) is 1.74. The van der Waals surface area contributed by atoms with Crippen LogP contribution in [0.5, 0.6) is 0 Å². The lowest BCUT2D eigenvalue weighted by molar-refractivity contribution is 0.145. The molecule has 1 amide bonds. The van der Waals surface area contributed by atoms with Crippen molar-refractivity contribution in [2.24, 2.45) is 5.73 Å². The highest BCUT2D eigenvalue weighted by Gasteiger charge is 2.32. The summed E-state index contributed by atoms with van der Waals surface area (Å²) in [5.74, 6) is 1.04. The van der Waals surface area contributed by atoms with Gasteiger partial charge in [-0.15, -0.1) is 0 Å². The number of hydrogen-bond donors (Lipinski definition) is 1. The molecule has 0 aliphatic carbocycles. The molecule has 2 N–H and O–H groups in total. The van der Waals surface area contributed by atoms with Crippen molar-refractivity contribution in [1.82, 2.24) is 0 Å². The number of cyclic esters (lactones) is 1. The molecule has 0 saturated carbocycles. The maximum Gasteiger partial charge on any atom is 0.414 e. The minimum atomic E-state index is -0.761. The molecule has 0 spiro atoms. The SMILES string of the molecule is NC[C@H]1CN(c2ccc([C@H]3CC[S@+]([O-])CC3)c(F)c2)C(=O)O1. The van der Waals surface area contributed by atoms with Crippen LogP contribution < -0.4 is 10.6 Å². The van der Waals surface area contributed by atoms with E-state index >= 15 is 0 Å². The highest BCUT2D eigenvalue weighted by molar-refractivity contribution is 7.91. The average Bonchev–Trinajstić information content (AvgIpc) is 2.89. The van der Waals surface area contributed by atoms with Gasteiger partial charge < -0.3 is 15.0 Å². The average molecular weight is 326 g/mol. The van der Waals surface area contributed by atoms with Crippen molar-refractivity contribution >= 4 is 23.0 Å². The normalized spacial score (nSPS) is 28.8. The topological polar surface area (TPSA) is 78.6 Å². The lowest BCUT2D eigenvalue weighted by atomic mass is 9.93. The smallest absolute Gasteiger partial charge is 0.414 e. The number of carbonyl (C=O) groups excluding carboxylic acids is 1. The number of benzene rings is 1. The summed E-state index contributed by atoms with van der Waals surface area (Å²) in [7, 11) is 0. The number of anilines is 1. The number of rotatable bonds is 3. The molecule has 2 fully saturated rings. The van der Waals surface area contributed by atoms with E-state index in [-0.39, 0.29) is 24.4 Å². The van der Waals surface area contributed by atoms with E-state index in [1.165, 1.54) is 11.0 Å². The van der Waals surface area contributed by atoms with Crippen LogP contribution in [-0.4, -0.2) is 41.3 Å². The van der Waals surface area contributed by atoms with Crippen LogP contribution >= 0.6 is 0 Å². The zero-order valence-corrected chi connectivity index (χ0v) is 13.0. The second-order valence-corrected chi connectivity index (χ2v) is 7.38. The zero-order chi connectivity index (χ0) is 15.7. The highest BCUT2D eigenvalue weighted by atomic mass is 32.2. The summed E-state index contributed by atoms with van der Waals surface area (Å²) in [4.78, 5) is 13.2. The van der Waals surface area contributed by atoms with Gasteiger partial charge in [0.25, 0.3) is 0 Å². The third-order valence-electron chi connectivity index (χ3n) is 4.26. The van der Waals surface area contributed by atoms with Crippen molar-refractivity contribution in [3.8, 4) is 0 Å². The Kier molecular flexibility index (Phi) is 4.56. The molecule has 2 aliphatic rings. The minimum Gasteiger partial charge on any atom is -0.616 e. The number of amides is 1. The lowest BCUT2D eigenvalue weighted by Crippen LogP contribution is -2.27. The number of halogens is 1. The van der Waals surface area contributed by atoms with Crippen molar-refractivity contribution in [3.63, 3.8) is 0 Å². The Hall–Kier alpha value is -1.31. The molecule has 22 heavy (non-hydrogen) atoms. The number of hydrogen-bond acceptors (Lipinski definition) is 4. The number of carbonyl (C=O) groups is 1. The first kappa shape index (κ1) is 15.6. The first-order valence-electron chi connectivity index (χ1n) is 7.41. The molecule has 0 bridgehead atoms. The summed E-state index contributed by atoms with van der Waals surface area (Å²) in [5, 5.41) is 0. The van der Waals surface area contributed by atoms with E-state index in [4.69, 9.17) is 10.5 Å². The summed E-state index contributed by atoms with van der Waals surface area (Å²) in [6.07, 6.45) is 0.646. The fourth-order valence-electron chi connectivity index (χ4n) is 2.97. The number of nitrogens with zero attached hydrogens (tertiary/aromatic N) is 1. The van der Waals surface area contributed by atoms with Crippen LogP contribution in [0.25, 0.3) is 0 Å². The largest absolute Gasteiger partial charge is 0.616 e. The van der Waals surface area contributed by atoms with Gasteiger partial charge >= 0.3 is 6.09 Å². The molecule has 5 nitrogen and oxygen atoms in total. The Morgan fingerprint density at radius 2 is 2.14 bits per heavy atom. The van der Waals surface area contributed by atoms with Crippen LogP contribution in [0.1, 0.15) is 24.3 Å². The van der Waals surface area contributed by atoms with Gasteiger partial charge in [0.1, 0.15) is 23.4 Å². The molecule has 1 aromatic rings. The van der Waals surface area contributed by atoms with Crippen LogP contribution in [0.2, 0.25) is 0 Å². The van der Waals surface area contributed by atoms with Gasteiger partial charge in [-0.2, -0.15) is 0 Å². The quantitative estimate of drug-likeness (QED) is 0.858. The van der Waals surface area contributed by atoms with Crippen molar-refractivity contribution in [1.29, 1.82) is 0 Å². The fraction of sp³-hybridized carbons (Fsp3) is 0.533. The molecule has 0 unspecified atom stereocenters. The van der Waals surface area contributed by atoms with Gasteiger partial charge in [-0.05, 0) is 36.5 Å².